The van der Waals surface area contributed by atoms with Gasteiger partial charge in [-0.1, -0.05) is 46.2 Å². The largest absolute Gasteiger partial charge is 0.480 e. The Hall–Kier alpha value is -1.69. The molecular formula is C14H20ClN3O3. The summed E-state index contributed by atoms with van der Waals surface area (Å²) in [5.41, 5.74) is -0.645. The summed E-state index contributed by atoms with van der Waals surface area (Å²) in [4.78, 5) is 31.7. The zero-order chi connectivity index (χ0) is 16.4. The van der Waals surface area contributed by atoms with Crippen LogP contribution in [-0.2, 0) is 4.79 Å². The topological polar surface area (TPSA) is 92.2 Å². The first-order valence-corrected chi connectivity index (χ1v) is 6.98. The van der Waals surface area contributed by atoms with E-state index >= 15 is 0 Å². The molecule has 0 bridgehead atoms. The van der Waals surface area contributed by atoms with Crippen LogP contribution in [0.2, 0.25) is 5.02 Å². The van der Waals surface area contributed by atoms with Crippen LogP contribution < -0.4 is 5.32 Å². The number of carboxylic acid groups (broad SMARTS) is 1. The van der Waals surface area contributed by atoms with Gasteiger partial charge in [0.25, 0.3) is 5.91 Å². The third-order valence-electron chi connectivity index (χ3n) is 2.88. The summed E-state index contributed by atoms with van der Waals surface area (Å²) in [6, 6.07) is -1.04. The molecule has 6 nitrogen and oxygen atoms in total. The van der Waals surface area contributed by atoms with Crippen molar-refractivity contribution in [2.24, 2.45) is 5.41 Å². The van der Waals surface area contributed by atoms with Crippen LogP contribution >= 0.6 is 11.6 Å². The van der Waals surface area contributed by atoms with E-state index in [1.807, 2.05) is 13.8 Å². The molecular weight excluding hydrogens is 294 g/mol. The van der Waals surface area contributed by atoms with E-state index in [0.717, 1.165) is 0 Å². The first-order chi connectivity index (χ1) is 9.54. The van der Waals surface area contributed by atoms with E-state index in [1.54, 1.807) is 20.8 Å². The smallest absolute Gasteiger partial charge is 0.326 e. The number of hydrogen-bond donors (Lipinski definition) is 2. The van der Waals surface area contributed by atoms with E-state index in [2.05, 4.69) is 15.3 Å². The molecule has 0 saturated heterocycles. The predicted octanol–water partition coefficient (Wildman–Crippen LogP) is 2.48. The van der Waals surface area contributed by atoms with Gasteiger partial charge in [0, 0.05) is 5.92 Å². The molecule has 1 aromatic rings. The van der Waals surface area contributed by atoms with Gasteiger partial charge in [-0.25, -0.2) is 14.8 Å². The van der Waals surface area contributed by atoms with Crippen LogP contribution in [0.15, 0.2) is 6.20 Å². The molecule has 116 valence electrons. The third-order valence-corrected chi connectivity index (χ3v) is 3.16. The van der Waals surface area contributed by atoms with Gasteiger partial charge in [-0.05, 0) is 5.41 Å². The van der Waals surface area contributed by atoms with Gasteiger partial charge in [-0.2, -0.15) is 0 Å². The molecule has 7 heteroatoms. The van der Waals surface area contributed by atoms with Crippen LogP contribution in [0.5, 0.6) is 0 Å². The van der Waals surface area contributed by atoms with Crippen LogP contribution in [0.3, 0.4) is 0 Å². The minimum atomic E-state index is -1.11. The van der Waals surface area contributed by atoms with Gasteiger partial charge in [-0.3, -0.25) is 4.79 Å². The summed E-state index contributed by atoms with van der Waals surface area (Å²) in [5, 5.41) is 11.8. The summed E-state index contributed by atoms with van der Waals surface area (Å²) in [6.07, 6.45) is 1.35. The average molecular weight is 314 g/mol. The van der Waals surface area contributed by atoms with E-state index in [4.69, 9.17) is 11.6 Å². The summed E-state index contributed by atoms with van der Waals surface area (Å²) >= 11 is 5.94. The van der Waals surface area contributed by atoms with Gasteiger partial charge in [0.1, 0.15) is 17.6 Å². The monoisotopic (exact) mass is 313 g/mol. The van der Waals surface area contributed by atoms with Crippen molar-refractivity contribution in [3.05, 3.63) is 22.7 Å². The molecule has 21 heavy (non-hydrogen) atoms. The maximum Gasteiger partial charge on any atom is 0.326 e. The van der Waals surface area contributed by atoms with E-state index in [0.29, 0.717) is 5.82 Å². The molecule has 2 N–H and O–H groups in total. The minimum Gasteiger partial charge on any atom is -0.480 e. The first kappa shape index (κ1) is 17.4. The molecule has 0 aliphatic rings. The number of halogens is 1. The highest BCUT2D eigenvalue weighted by Crippen LogP contribution is 2.21. The number of carbonyl (C=O) groups excluding carboxylic acids is 1. The highest BCUT2D eigenvalue weighted by Gasteiger charge is 2.33. The number of carbonyl (C=O) groups is 2. The number of rotatable bonds is 4. The Balaban J connectivity index is 3.08. The Morgan fingerprint density at radius 3 is 2.33 bits per heavy atom. The maximum absolute atomic E-state index is 12.3. The van der Waals surface area contributed by atoms with Crippen LogP contribution in [0.1, 0.15) is 56.8 Å². The Bertz CT molecular complexity index is 553. The van der Waals surface area contributed by atoms with Crippen LogP contribution in [-0.4, -0.2) is 33.0 Å². The Kier molecular flexibility index (Phi) is 5.28. The van der Waals surface area contributed by atoms with Gasteiger partial charge >= 0.3 is 5.97 Å². The van der Waals surface area contributed by atoms with Gasteiger partial charge in [0.05, 0.1) is 11.2 Å². The Morgan fingerprint density at radius 2 is 1.90 bits per heavy atom. The van der Waals surface area contributed by atoms with Gasteiger partial charge in [-0.15, -0.1) is 0 Å². The molecule has 0 saturated carbocycles. The van der Waals surface area contributed by atoms with E-state index in [1.165, 1.54) is 6.20 Å². The van der Waals surface area contributed by atoms with Crippen LogP contribution in [0.4, 0.5) is 0 Å². The van der Waals surface area contributed by atoms with E-state index in [9.17, 15) is 14.7 Å². The Morgan fingerprint density at radius 1 is 1.33 bits per heavy atom. The first-order valence-electron chi connectivity index (χ1n) is 6.60. The lowest BCUT2D eigenvalue weighted by atomic mass is 9.86. The fourth-order valence-corrected chi connectivity index (χ4v) is 1.84. The normalized spacial score (nSPS) is 13.1. The second kappa shape index (κ2) is 6.39. The number of nitrogens with zero attached hydrogens (tertiary/aromatic N) is 2. The molecule has 0 aliphatic heterocycles. The van der Waals surface area contributed by atoms with Crippen molar-refractivity contribution in [1.82, 2.24) is 15.3 Å². The van der Waals surface area contributed by atoms with Crippen molar-refractivity contribution in [1.29, 1.82) is 0 Å². The van der Waals surface area contributed by atoms with E-state index < -0.39 is 23.3 Å². The quantitative estimate of drug-likeness (QED) is 0.891. The van der Waals surface area contributed by atoms with Crippen molar-refractivity contribution in [3.63, 3.8) is 0 Å². The molecule has 1 amide bonds. The molecule has 1 aromatic heterocycles. The average Bonchev–Trinajstić information content (AvgIpc) is 2.33. The molecule has 0 spiro atoms. The van der Waals surface area contributed by atoms with Crippen molar-refractivity contribution in [3.8, 4) is 0 Å². The highest BCUT2D eigenvalue weighted by molar-refractivity contribution is 6.33. The standard InChI is InChI=1S/C14H20ClN3O3/c1-7(2)11-16-6-8(15)9(17-11)12(19)18-10(13(20)21)14(3,4)5/h6-7,10H,1-5H3,(H,18,19)(H,20,21). The summed E-state index contributed by atoms with van der Waals surface area (Å²) in [6.45, 7) is 8.97. The highest BCUT2D eigenvalue weighted by atomic mass is 35.5. The second-order valence-electron chi connectivity index (χ2n) is 6.19. The van der Waals surface area contributed by atoms with Crippen LogP contribution in [0, 0.1) is 5.41 Å². The maximum atomic E-state index is 12.3. The second-order valence-corrected chi connectivity index (χ2v) is 6.60. The molecule has 0 aliphatic carbocycles. The summed E-state index contributed by atoms with van der Waals surface area (Å²) in [5.74, 6) is -1.21. The molecule has 0 fully saturated rings. The van der Waals surface area contributed by atoms with Crippen LogP contribution in [0.25, 0.3) is 0 Å². The number of nitrogens with one attached hydrogen (secondary N) is 1. The van der Waals surface area contributed by atoms with Crippen molar-refractivity contribution in [2.75, 3.05) is 0 Å². The predicted molar refractivity (Wildman–Crippen MR) is 79.5 cm³/mol. The molecule has 1 rings (SSSR count). The van der Waals surface area contributed by atoms with E-state index in [-0.39, 0.29) is 16.6 Å². The van der Waals surface area contributed by atoms with Crippen molar-refractivity contribution in [2.45, 2.75) is 46.6 Å². The van der Waals surface area contributed by atoms with Gasteiger partial charge in [0.15, 0.2) is 0 Å². The van der Waals surface area contributed by atoms with Crippen molar-refractivity contribution < 1.29 is 14.7 Å². The lowest BCUT2D eigenvalue weighted by Crippen LogP contribution is -2.49. The lowest BCUT2D eigenvalue weighted by molar-refractivity contribution is -0.142. The Labute approximate surface area is 128 Å². The third kappa shape index (κ3) is 4.39. The summed E-state index contributed by atoms with van der Waals surface area (Å²) < 4.78 is 0. The molecule has 0 radical (unpaired) electrons. The number of hydrogen-bond acceptors (Lipinski definition) is 4. The number of amides is 1. The van der Waals surface area contributed by atoms with Gasteiger partial charge in [0.2, 0.25) is 0 Å². The lowest BCUT2D eigenvalue weighted by Gasteiger charge is -2.27. The van der Waals surface area contributed by atoms with Crippen molar-refractivity contribution >= 4 is 23.5 Å². The zero-order valence-electron chi connectivity index (χ0n) is 12.8. The molecule has 1 atom stereocenters. The van der Waals surface area contributed by atoms with Gasteiger partial charge < -0.3 is 10.4 Å². The molecule has 1 unspecified atom stereocenters. The SMILES string of the molecule is CC(C)c1ncc(Cl)c(C(=O)NC(C(=O)O)C(C)(C)C)n1. The number of aromatic nitrogens is 2. The summed E-state index contributed by atoms with van der Waals surface area (Å²) in [7, 11) is 0. The minimum absolute atomic E-state index is 0.00846. The zero-order valence-corrected chi connectivity index (χ0v) is 13.5. The number of aliphatic carboxylic acids is 1. The molecule has 0 aromatic carbocycles. The number of carboxylic acids is 1. The molecule has 1 heterocycles. The fraction of sp³-hybridized carbons (Fsp3) is 0.571. The fourth-order valence-electron chi connectivity index (χ4n) is 1.67.